The van der Waals surface area contributed by atoms with Gasteiger partial charge in [0, 0.05) is 0 Å². The molecule has 0 aromatic carbocycles. The quantitative estimate of drug-likeness (QED) is 0.432. The Morgan fingerprint density at radius 1 is 1.06 bits per heavy atom. The van der Waals surface area contributed by atoms with Crippen LogP contribution in [0.4, 0.5) is 0 Å². The van der Waals surface area contributed by atoms with E-state index in [-0.39, 0.29) is 0 Å². The minimum atomic E-state index is -2.14. The first-order chi connectivity index (χ1) is 7.08. The van der Waals surface area contributed by atoms with E-state index in [9.17, 15) is 14.4 Å². The number of hydrogen-bond donors (Lipinski definition) is 0. The Labute approximate surface area is 96.5 Å². The zero-order valence-corrected chi connectivity index (χ0v) is 10.9. The number of ketones is 2. The van der Waals surface area contributed by atoms with Crippen LogP contribution in [0.25, 0.3) is 4.59 Å². The van der Waals surface area contributed by atoms with E-state index in [1.165, 1.54) is 0 Å². The molecular formula is C10H15NO4P+. The van der Waals surface area contributed by atoms with Crippen molar-refractivity contribution in [3.05, 3.63) is 4.59 Å². The molecule has 0 heterocycles. The Morgan fingerprint density at radius 2 is 1.44 bits per heavy atom. The fraction of sp³-hybridized carbons (Fsp3) is 0.700. The molecule has 0 atom stereocenters. The topological polar surface area (TPSA) is 64.8 Å². The zero-order valence-electron chi connectivity index (χ0n) is 10.0. The predicted octanol–water partition coefficient (Wildman–Crippen LogP) is 1.94. The average molecular weight is 244 g/mol. The van der Waals surface area contributed by atoms with Crippen LogP contribution in [0.2, 0.25) is 0 Å². The number of hydrogen-bond acceptors (Lipinski definition) is 4. The van der Waals surface area contributed by atoms with Crippen molar-refractivity contribution in [1.82, 2.24) is 0 Å². The van der Waals surface area contributed by atoms with Crippen LogP contribution in [0.15, 0.2) is 0 Å². The summed E-state index contributed by atoms with van der Waals surface area (Å²) in [5.74, 6) is -2.40. The van der Waals surface area contributed by atoms with Crippen molar-refractivity contribution in [2.24, 2.45) is 0 Å². The molecular weight excluding hydrogens is 229 g/mol. The summed E-state index contributed by atoms with van der Waals surface area (Å²) in [7, 11) is 3.55. The molecule has 5 nitrogen and oxygen atoms in total. The fourth-order valence-corrected chi connectivity index (χ4v) is 1.43. The van der Waals surface area contributed by atoms with Crippen LogP contribution in [0.1, 0.15) is 34.6 Å². The summed E-state index contributed by atoms with van der Waals surface area (Å²) in [5, 5.41) is 0. The molecule has 0 bridgehead atoms. The third kappa shape index (κ3) is 2.97. The maximum absolute atomic E-state index is 11.8. The van der Waals surface area contributed by atoms with Gasteiger partial charge in [0.25, 0.3) is 0 Å². The van der Waals surface area contributed by atoms with Crippen LogP contribution >= 0.6 is 8.88 Å². The van der Waals surface area contributed by atoms with Crippen molar-refractivity contribution in [3.63, 3.8) is 0 Å². The van der Waals surface area contributed by atoms with Crippen LogP contribution < -0.4 is 0 Å². The average Bonchev–Trinajstić information content (AvgIpc) is 2.00. The van der Waals surface area contributed by atoms with E-state index in [2.05, 4.69) is 13.5 Å². The van der Waals surface area contributed by atoms with Gasteiger partial charge in [0.2, 0.25) is 0 Å². The Balaban J connectivity index is 5.40. The molecule has 0 fully saturated rings. The maximum atomic E-state index is 11.8. The van der Waals surface area contributed by atoms with Gasteiger partial charge in [-0.25, -0.2) is 0 Å². The molecule has 0 amide bonds. The van der Waals surface area contributed by atoms with E-state index in [1.807, 2.05) is 0 Å². The van der Waals surface area contributed by atoms with E-state index < -0.39 is 28.7 Å². The third-order valence-electron chi connectivity index (χ3n) is 1.86. The standard InChI is InChI=1S/C10H15NO4P/c1-6(12)10(11-16,7(2)13)8(14)15-9(3,4)5/h1-5H3/q+1. The Morgan fingerprint density at radius 3 is 1.62 bits per heavy atom. The van der Waals surface area contributed by atoms with Gasteiger partial charge >= 0.3 is 95.9 Å². The SMILES string of the molecule is CC(=O)C([N+]#P)(C(C)=O)C(=O)OC(C)(C)C. The first kappa shape index (κ1) is 14.9. The molecule has 16 heavy (non-hydrogen) atoms. The normalized spacial score (nSPS) is 11.5. The number of carbonyl (C=O) groups is 3. The van der Waals surface area contributed by atoms with Crippen molar-refractivity contribution in [1.29, 1.82) is 0 Å². The number of Topliss-reactive ketones (excluding diaryl/α,β-unsaturated/α-hetero) is 2. The molecule has 0 unspecified atom stereocenters. The zero-order chi connectivity index (χ0) is 13.1. The van der Waals surface area contributed by atoms with Gasteiger partial charge in [-0.3, -0.25) is 0 Å². The molecule has 0 saturated heterocycles. The van der Waals surface area contributed by atoms with Crippen molar-refractivity contribution in [2.45, 2.75) is 45.8 Å². The van der Waals surface area contributed by atoms with E-state index in [4.69, 9.17) is 4.74 Å². The van der Waals surface area contributed by atoms with E-state index in [1.54, 1.807) is 20.8 Å². The van der Waals surface area contributed by atoms with Crippen LogP contribution in [0.3, 0.4) is 0 Å². The van der Waals surface area contributed by atoms with Gasteiger partial charge in [0.15, 0.2) is 0 Å². The number of ether oxygens (including phenoxy) is 1. The van der Waals surface area contributed by atoms with Crippen molar-refractivity contribution < 1.29 is 19.1 Å². The number of nitrogens with zero attached hydrogens (tertiary/aromatic N) is 1. The Bertz CT molecular complexity index is 361. The van der Waals surface area contributed by atoms with Crippen LogP contribution in [0.5, 0.6) is 0 Å². The summed E-state index contributed by atoms with van der Waals surface area (Å²) in [4.78, 5) is 34.6. The summed E-state index contributed by atoms with van der Waals surface area (Å²) in [6.07, 6.45) is 0. The van der Waals surface area contributed by atoms with Gasteiger partial charge in [0.05, 0.1) is 0 Å². The number of carbonyl (C=O) groups excluding carboxylic acids is 3. The monoisotopic (exact) mass is 244 g/mol. The summed E-state index contributed by atoms with van der Waals surface area (Å²) >= 11 is 0. The molecule has 0 rings (SSSR count). The molecule has 0 aliphatic carbocycles. The Hall–Kier alpha value is -1.05. The first-order valence-electron chi connectivity index (χ1n) is 4.69. The molecule has 0 aliphatic heterocycles. The summed E-state index contributed by atoms with van der Waals surface area (Å²) in [6, 6.07) is 0. The van der Waals surface area contributed by atoms with Crippen molar-refractivity contribution in [2.75, 3.05) is 0 Å². The number of esters is 1. The molecule has 0 aromatic rings. The molecule has 0 spiro atoms. The van der Waals surface area contributed by atoms with Gasteiger partial charge in [0.1, 0.15) is 0 Å². The van der Waals surface area contributed by atoms with Gasteiger partial charge in [-0.1, -0.05) is 0 Å². The molecule has 0 N–H and O–H groups in total. The summed E-state index contributed by atoms with van der Waals surface area (Å²) in [5.41, 5.74) is -2.94. The van der Waals surface area contributed by atoms with Gasteiger partial charge < -0.3 is 0 Å². The second-order valence-corrected chi connectivity index (χ2v) is 4.62. The molecule has 88 valence electrons. The second kappa shape index (κ2) is 4.86. The van der Waals surface area contributed by atoms with Crippen LogP contribution in [0, 0.1) is 0 Å². The molecule has 6 heteroatoms. The predicted molar refractivity (Wildman–Crippen MR) is 60.2 cm³/mol. The van der Waals surface area contributed by atoms with E-state index in [0.29, 0.717) is 0 Å². The van der Waals surface area contributed by atoms with Crippen molar-refractivity contribution >= 4 is 26.4 Å². The Kier molecular flexibility index (Phi) is 4.54. The molecule has 0 saturated carbocycles. The second-order valence-electron chi connectivity index (χ2n) is 4.42. The number of rotatable bonds is 3. The molecule has 0 aromatic heterocycles. The first-order valence-corrected chi connectivity index (χ1v) is 5.09. The summed E-state index contributed by atoms with van der Waals surface area (Å²) < 4.78 is 8.32. The van der Waals surface area contributed by atoms with Crippen LogP contribution in [-0.2, 0) is 19.1 Å². The van der Waals surface area contributed by atoms with E-state index >= 15 is 0 Å². The summed E-state index contributed by atoms with van der Waals surface area (Å²) in [6.45, 7) is 7.10. The van der Waals surface area contributed by atoms with Gasteiger partial charge in [-0.15, -0.1) is 0 Å². The van der Waals surface area contributed by atoms with Gasteiger partial charge in [-0.2, -0.15) is 0 Å². The van der Waals surface area contributed by atoms with Crippen LogP contribution in [-0.4, -0.2) is 28.7 Å². The molecule has 0 aliphatic rings. The van der Waals surface area contributed by atoms with E-state index in [0.717, 1.165) is 13.8 Å². The third-order valence-corrected chi connectivity index (χ3v) is 2.16. The molecule has 0 radical (unpaired) electrons. The van der Waals surface area contributed by atoms with Crippen molar-refractivity contribution in [3.8, 4) is 0 Å². The minimum absolute atomic E-state index is 0.704. The van der Waals surface area contributed by atoms with Gasteiger partial charge in [-0.05, 0) is 0 Å². The fourth-order valence-electron chi connectivity index (χ4n) is 1.07.